The van der Waals surface area contributed by atoms with Gasteiger partial charge >= 0.3 is 5.97 Å². The largest absolute Gasteiger partial charge is 0.467 e. The van der Waals surface area contributed by atoms with E-state index in [1.807, 2.05) is 32.0 Å². The zero-order valence-electron chi connectivity index (χ0n) is 11.7. The number of carbonyl (C=O) groups excluding carboxylic acids is 2. The van der Waals surface area contributed by atoms with E-state index in [-0.39, 0.29) is 5.91 Å². The van der Waals surface area contributed by atoms with Gasteiger partial charge in [-0.25, -0.2) is 4.79 Å². The van der Waals surface area contributed by atoms with Crippen molar-refractivity contribution < 1.29 is 14.3 Å². The van der Waals surface area contributed by atoms with E-state index in [2.05, 4.69) is 5.32 Å². The molecule has 0 aliphatic heterocycles. The Morgan fingerprint density at radius 1 is 1.26 bits per heavy atom. The SMILES string of the molecule is CC[C@@H](C)CC(=O)N[C@H](C(=O)OC)c1ccccc1. The van der Waals surface area contributed by atoms with Gasteiger partial charge in [-0.05, 0) is 11.5 Å². The molecule has 104 valence electrons. The van der Waals surface area contributed by atoms with E-state index < -0.39 is 12.0 Å². The molecule has 0 fully saturated rings. The Morgan fingerprint density at radius 2 is 1.89 bits per heavy atom. The van der Waals surface area contributed by atoms with Crippen LogP contribution in [0, 0.1) is 5.92 Å². The molecule has 0 bridgehead atoms. The number of esters is 1. The minimum atomic E-state index is -0.734. The van der Waals surface area contributed by atoms with E-state index >= 15 is 0 Å². The monoisotopic (exact) mass is 263 g/mol. The first-order valence-corrected chi connectivity index (χ1v) is 6.50. The van der Waals surface area contributed by atoms with Crippen LogP contribution < -0.4 is 5.32 Å². The summed E-state index contributed by atoms with van der Waals surface area (Å²) in [5, 5.41) is 2.74. The molecule has 1 amide bonds. The fourth-order valence-electron chi connectivity index (χ4n) is 1.72. The Labute approximate surface area is 114 Å². The number of nitrogens with one attached hydrogen (secondary N) is 1. The van der Waals surface area contributed by atoms with Crippen molar-refractivity contribution in [2.75, 3.05) is 7.11 Å². The normalized spacial score (nSPS) is 13.4. The van der Waals surface area contributed by atoms with Gasteiger partial charge in [0.2, 0.25) is 5.91 Å². The fourth-order valence-corrected chi connectivity index (χ4v) is 1.72. The van der Waals surface area contributed by atoms with Crippen molar-refractivity contribution in [1.82, 2.24) is 5.32 Å². The molecule has 0 heterocycles. The number of methoxy groups -OCH3 is 1. The molecular weight excluding hydrogens is 242 g/mol. The number of ether oxygens (including phenoxy) is 1. The zero-order chi connectivity index (χ0) is 14.3. The molecule has 2 atom stereocenters. The van der Waals surface area contributed by atoms with Crippen molar-refractivity contribution in [2.24, 2.45) is 5.92 Å². The van der Waals surface area contributed by atoms with Crippen LogP contribution in [0.4, 0.5) is 0 Å². The molecule has 1 aromatic rings. The Morgan fingerprint density at radius 3 is 2.42 bits per heavy atom. The molecule has 0 aliphatic carbocycles. The lowest BCUT2D eigenvalue weighted by atomic mass is 10.0. The van der Waals surface area contributed by atoms with Gasteiger partial charge in [-0.3, -0.25) is 4.79 Å². The number of carbonyl (C=O) groups is 2. The average Bonchev–Trinajstić information content (AvgIpc) is 2.44. The molecule has 0 aromatic heterocycles. The summed E-state index contributed by atoms with van der Waals surface area (Å²) in [7, 11) is 1.32. The van der Waals surface area contributed by atoms with Gasteiger partial charge in [0.25, 0.3) is 0 Å². The second kappa shape index (κ2) is 7.56. The van der Waals surface area contributed by atoms with Crippen molar-refractivity contribution in [1.29, 1.82) is 0 Å². The van der Waals surface area contributed by atoms with Crippen LogP contribution in [0.15, 0.2) is 30.3 Å². The van der Waals surface area contributed by atoms with Crippen molar-refractivity contribution >= 4 is 11.9 Å². The van der Waals surface area contributed by atoms with Crippen LogP contribution in [0.2, 0.25) is 0 Å². The van der Waals surface area contributed by atoms with Crippen LogP contribution in [0.25, 0.3) is 0 Å². The molecule has 1 N–H and O–H groups in total. The van der Waals surface area contributed by atoms with Gasteiger partial charge in [0, 0.05) is 6.42 Å². The summed E-state index contributed by atoms with van der Waals surface area (Å²) in [5.74, 6) is -0.286. The molecule has 4 heteroatoms. The highest BCUT2D eigenvalue weighted by Crippen LogP contribution is 2.15. The van der Waals surface area contributed by atoms with Gasteiger partial charge < -0.3 is 10.1 Å². The predicted molar refractivity (Wildman–Crippen MR) is 73.4 cm³/mol. The molecule has 0 saturated carbocycles. The number of hydrogen-bond acceptors (Lipinski definition) is 3. The van der Waals surface area contributed by atoms with Crippen molar-refractivity contribution in [3.63, 3.8) is 0 Å². The molecule has 1 aromatic carbocycles. The Kier molecular flexibility index (Phi) is 6.06. The smallest absolute Gasteiger partial charge is 0.333 e. The van der Waals surface area contributed by atoms with Crippen LogP contribution in [0.5, 0.6) is 0 Å². The van der Waals surface area contributed by atoms with E-state index in [1.54, 1.807) is 12.1 Å². The maximum Gasteiger partial charge on any atom is 0.333 e. The number of hydrogen-bond donors (Lipinski definition) is 1. The quantitative estimate of drug-likeness (QED) is 0.802. The molecule has 0 saturated heterocycles. The predicted octanol–water partition coefficient (Wildman–Crippen LogP) is 2.45. The molecule has 0 spiro atoms. The summed E-state index contributed by atoms with van der Waals surface area (Å²) in [6.45, 7) is 4.04. The van der Waals surface area contributed by atoms with E-state index in [0.29, 0.717) is 12.3 Å². The minimum Gasteiger partial charge on any atom is -0.467 e. The number of amides is 1. The molecule has 19 heavy (non-hydrogen) atoms. The van der Waals surface area contributed by atoms with Crippen molar-refractivity contribution in [3.8, 4) is 0 Å². The van der Waals surface area contributed by atoms with Gasteiger partial charge in [-0.2, -0.15) is 0 Å². The highest BCUT2D eigenvalue weighted by molar-refractivity contribution is 5.85. The summed E-state index contributed by atoms with van der Waals surface area (Å²) < 4.78 is 4.75. The van der Waals surface area contributed by atoms with Gasteiger partial charge in [0.15, 0.2) is 6.04 Å². The maximum absolute atomic E-state index is 11.9. The highest BCUT2D eigenvalue weighted by Gasteiger charge is 2.23. The summed E-state index contributed by atoms with van der Waals surface area (Å²) >= 11 is 0. The minimum absolute atomic E-state index is 0.131. The van der Waals surface area contributed by atoms with Gasteiger partial charge in [0.05, 0.1) is 7.11 Å². The highest BCUT2D eigenvalue weighted by atomic mass is 16.5. The second-order valence-electron chi connectivity index (χ2n) is 4.65. The molecule has 4 nitrogen and oxygen atoms in total. The third kappa shape index (κ3) is 4.73. The molecule has 0 radical (unpaired) electrons. The van der Waals surface area contributed by atoms with Gasteiger partial charge in [-0.15, -0.1) is 0 Å². The Balaban J connectivity index is 2.77. The molecule has 1 rings (SSSR count). The van der Waals surface area contributed by atoms with E-state index in [9.17, 15) is 9.59 Å². The van der Waals surface area contributed by atoms with Crippen LogP contribution in [-0.2, 0) is 14.3 Å². The lowest BCUT2D eigenvalue weighted by Gasteiger charge is -2.18. The molecule has 0 unspecified atom stereocenters. The lowest BCUT2D eigenvalue weighted by Crippen LogP contribution is -2.35. The third-order valence-corrected chi connectivity index (χ3v) is 3.11. The zero-order valence-corrected chi connectivity index (χ0v) is 11.7. The topological polar surface area (TPSA) is 55.4 Å². The average molecular weight is 263 g/mol. The van der Waals surface area contributed by atoms with E-state index in [1.165, 1.54) is 7.11 Å². The van der Waals surface area contributed by atoms with E-state index in [0.717, 1.165) is 12.0 Å². The first-order valence-electron chi connectivity index (χ1n) is 6.50. The first-order chi connectivity index (χ1) is 9.08. The summed E-state index contributed by atoms with van der Waals surface area (Å²) in [6.07, 6.45) is 1.35. The van der Waals surface area contributed by atoms with Crippen LogP contribution in [0.3, 0.4) is 0 Å². The number of benzene rings is 1. The number of rotatable bonds is 6. The second-order valence-corrected chi connectivity index (χ2v) is 4.65. The van der Waals surface area contributed by atoms with Crippen molar-refractivity contribution in [2.45, 2.75) is 32.7 Å². The summed E-state index contributed by atoms with van der Waals surface area (Å²) in [4.78, 5) is 23.7. The molecular formula is C15H21NO3. The lowest BCUT2D eigenvalue weighted by molar-refractivity contribution is -0.145. The van der Waals surface area contributed by atoms with Gasteiger partial charge in [-0.1, -0.05) is 50.6 Å². The van der Waals surface area contributed by atoms with Crippen LogP contribution in [0.1, 0.15) is 38.3 Å². The standard InChI is InChI=1S/C15H21NO3/c1-4-11(2)10-13(17)16-14(15(18)19-3)12-8-6-5-7-9-12/h5-9,11,14H,4,10H2,1-3H3,(H,16,17)/t11-,14+/m1/s1. The maximum atomic E-state index is 11.9. The van der Waals surface area contributed by atoms with Crippen LogP contribution >= 0.6 is 0 Å². The first kappa shape index (κ1) is 15.2. The van der Waals surface area contributed by atoms with Crippen molar-refractivity contribution in [3.05, 3.63) is 35.9 Å². The molecule has 0 aliphatic rings. The summed E-state index contributed by atoms with van der Waals surface area (Å²) in [6, 6.07) is 8.37. The van der Waals surface area contributed by atoms with Crippen LogP contribution in [-0.4, -0.2) is 19.0 Å². The summed E-state index contributed by atoms with van der Waals surface area (Å²) in [5.41, 5.74) is 0.729. The van der Waals surface area contributed by atoms with E-state index in [4.69, 9.17) is 4.74 Å². The van der Waals surface area contributed by atoms with Gasteiger partial charge in [0.1, 0.15) is 0 Å². The fraction of sp³-hybridized carbons (Fsp3) is 0.467. The Hall–Kier alpha value is -1.84. The third-order valence-electron chi connectivity index (χ3n) is 3.11. The Bertz CT molecular complexity index is 417.